The average molecular weight is 500 g/mol. The third-order valence-electron chi connectivity index (χ3n) is 0.538. The molecule has 6 N–H and O–H groups in total. The largest absolute Gasteiger partial charge is 0.693 e. The Morgan fingerprint density at radius 2 is 1.21 bits per heavy atom. The maximum atomic E-state index is 9.49. The van der Waals surface area contributed by atoms with Crippen LogP contribution in [0.3, 0.4) is 0 Å². The summed E-state index contributed by atoms with van der Waals surface area (Å²) in [6.45, 7) is -0.951. The van der Waals surface area contributed by atoms with E-state index < -0.39 is 41.5 Å². The van der Waals surface area contributed by atoms with Crippen molar-refractivity contribution in [1.82, 2.24) is 0 Å². The number of hydrogen-bond donors (Lipinski definition) is 2. The molecule has 0 aromatic heterocycles. The fraction of sp³-hybridized carbons (Fsp3) is 0.500. The summed E-state index contributed by atoms with van der Waals surface area (Å²) in [5.41, 5.74) is 15.0. The van der Waals surface area contributed by atoms with E-state index in [1.165, 1.54) is 0 Å². The van der Waals surface area contributed by atoms with E-state index in [-0.39, 0.29) is 12.3 Å². The van der Waals surface area contributed by atoms with Crippen LogP contribution in [0.5, 0.6) is 0 Å². The van der Waals surface area contributed by atoms with Crippen molar-refractivity contribution in [3.8, 4) is 0 Å². The Labute approximate surface area is 123 Å². The molecule has 19 heavy (non-hydrogen) atoms. The average Bonchev–Trinajstić information content (AvgIpc) is 2.25. The molecule has 0 aromatic rings. The van der Waals surface area contributed by atoms with Gasteiger partial charge in [-0.15, -0.1) is 0 Å². The number of carboxylic acids is 2. The zero-order chi connectivity index (χ0) is 14.1. The summed E-state index contributed by atoms with van der Waals surface area (Å²) in [6, 6.07) is 0. The molecule has 0 saturated carbocycles. The fourth-order valence-electron chi connectivity index (χ4n) is 0.184. The molecular weight excluding hydrogens is 490 g/mol. The van der Waals surface area contributed by atoms with E-state index in [1.54, 1.807) is 0 Å². The first-order valence-corrected chi connectivity index (χ1v) is 8.87. The van der Waals surface area contributed by atoms with Gasteiger partial charge in [0.05, 0.1) is 0 Å². The molecule has 0 unspecified atom stereocenters. The van der Waals surface area contributed by atoms with E-state index in [0.29, 0.717) is 0 Å². The molecular formula is C4H10Cl2N8O4Pt. The van der Waals surface area contributed by atoms with Crippen LogP contribution in [0, 0.1) is 0 Å². The zero-order valence-electron chi connectivity index (χ0n) is 9.04. The van der Waals surface area contributed by atoms with Crippen LogP contribution in [-0.4, -0.2) is 35.2 Å². The Bertz CT molecular complexity index is 288. The minimum absolute atomic E-state index is 0. The van der Waals surface area contributed by atoms with Crippen molar-refractivity contribution in [1.29, 1.82) is 0 Å². The summed E-state index contributed by atoms with van der Waals surface area (Å²) in [6.07, 6.45) is 0. The third kappa shape index (κ3) is 80.0. The number of azide groups is 2. The van der Waals surface area contributed by atoms with Gasteiger partial charge in [-0.25, -0.2) is 0 Å². The minimum atomic E-state index is -1.11. The van der Waals surface area contributed by atoms with Gasteiger partial charge in [-0.2, -0.15) is 0 Å². The van der Waals surface area contributed by atoms with Gasteiger partial charge in [-0.05, 0) is 11.1 Å². The van der Waals surface area contributed by atoms with Crippen LogP contribution in [0.2, 0.25) is 0 Å². The molecule has 15 heteroatoms. The number of halogens is 2. The van der Waals surface area contributed by atoms with Crippen molar-refractivity contribution in [2.45, 2.75) is 0 Å². The number of aliphatic carboxylic acids is 2. The predicted molar refractivity (Wildman–Crippen MR) is 65.6 cm³/mol. The quantitative estimate of drug-likeness (QED) is 0.334. The minimum Gasteiger partial charge on any atom is -0.693 e. The van der Waals surface area contributed by atoms with Gasteiger partial charge in [0, 0.05) is 9.82 Å². The number of carboxylic acid groups (broad SMARTS) is 2. The second kappa shape index (κ2) is 30.1. The van der Waals surface area contributed by atoms with Crippen molar-refractivity contribution in [2.24, 2.45) is 10.2 Å². The predicted octanol–water partition coefficient (Wildman–Crippen LogP) is 3.57. The molecule has 0 spiro atoms. The zero-order valence-corrected chi connectivity index (χ0v) is 12.8. The Kier molecular flexibility index (Phi) is 48.5. The normalized spacial score (nSPS) is 6.21. The molecule has 0 atom stereocenters. The van der Waals surface area contributed by atoms with Gasteiger partial charge in [0.1, 0.15) is 13.1 Å². The second-order valence-corrected chi connectivity index (χ2v) is 4.89. The summed E-state index contributed by atoms with van der Waals surface area (Å²) < 4.78 is 0. The number of hydrogen-bond acceptors (Lipinski definition) is 4. The fourth-order valence-corrected chi connectivity index (χ4v) is 0.184. The van der Waals surface area contributed by atoms with E-state index in [1.807, 2.05) is 0 Å². The standard InChI is InChI=1S/2C2H3N3O2.2ClH.2H2N.Pt/c2*3-5-4-1-2(6)7;;;;;/h2*1H2,(H,6,7);2*1H;2*1H2;/q;;;;2*-1;+4/p-2. The van der Waals surface area contributed by atoms with Crippen molar-refractivity contribution < 1.29 is 36.3 Å². The van der Waals surface area contributed by atoms with Crippen molar-refractivity contribution >= 4 is 30.8 Å². The maximum Gasteiger partial charge on any atom is 0.309 e. The first kappa shape index (κ1) is 30.6. The van der Waals surface area contributed by atoms with Crippen molar-refractivity contribution in [3.63, 3.8) is 0 Å². The molecule has 0 aliphatic carbocycles. The van der Waals surface area contributed by atoms with Crippen LogP contribution >= 0.6 is 18.8 Å². The molecule has 0 aliphatic heterocycles. The molecule has 114 valence electrons. The summed E-state index contributed by atoms with van der Waals surface area (Å²) in [5.74, 6) is -2.23. The molecule has 0 radical (unpaired) electrons. The number of carbonyl (C=O) groups is 2. The molecule has 0 aliphatic rings. The molecule has 0 rings (SSSR count). The van der Waals surface area contributed by atoms with Crippen LogP contribution in [0.1, 0.15) is 0 Å². The summed E-state index contributed by atoms with van der Waals surface area (Å²) in [5, 5.41) is 21.1. The van der Waals surface area contributed by atoms with Crippen LogP contribution in [0.15, 0.2) is 10.2 Å². The molecule has 0 bridgehead atoms. The smallest absolute Gasteiger partial charge is 0.309 e. The third-order valence-corrected chi connectivity index (χ3v) is 0.538. The molecule has 0 aromatic carbocycles. The van der Waals surface area contributed by atoms with Crippen molar-refractivity contribution in [3.05, 3.63) is 33.2 Å². The van der Waals surface area contributed by atoms with Crippen LogP contribution < -0.4 is 0 Å². The van der Waals surface area contributed by atoms with E-state index in [9.17, 15) is 9.59 Å². The molecule has 0 heterocycles. The molecule has 12 nitrogen and oxygen atoms in total. The monoisotopic (exact) mass is 499 g/mol. The SMILES string of the molecule is [Cl][Pt+2][Cl].[N-]=[N+]=NCC(=O)O.[N-]=[N+]=NCC(=O)O.[NH2-].[NH2-]. The van der Waals surface area contributed by atoms with Crippen molar-refractivity contribution in [2.75, 3.05) is 13.1 Å². The topological polar surface area (TPSA) is 239 Å². The summed E-state index contributed by atoms with van der Waals surface area (Å²) in [4.78, 5) is 23.4. The first-order valence-electron chi connectivity index (χ1n) is 3.23. The Morgan fingerprint density at radius 3 is 1.26 bits per heavy atom. The van der Waals surface area contributed by atoms with Gasteiger partial charge in [0.25, 0.3) is 0 Å². The van der Waals surface area contributed by atoms with Gasteiger partial charge >= 0.3 is 47.3 Å². The number of nitrogens with zero attached hydrogens (tertiary/aromatic N) is 6. The van der Waals surface area contributed by atoms with E-state index in [2.05, 4.69) is 20.1 Å². The van der Waals surface area contributed by atoms with Crippen LogP contribution in [-0.2, 0) is 26.1 Å². The van der Waals surface area contributed by atoms with E-state index in [4.69, 9.17) is 40.1 Å². The maximum absolute atomic E-state index is 9.49. The van der Waals surface area contributed by atoms with Gasteiger partial charge in [0.15, 0.2) is 0 Å². The second-order valence-electron chi connectivity index (χ2n) is 1.61. The van der Waals surface area contributed by atoms with Gasteiger partial charge in [0.2, 0.25) is 0 Å². The summed E-state index contributed by atoms with van der Waals surface area (Å²) >= 11 is -0.472. The number of rotatable bonds is 4. The van der Waals surface area contributed by atoms with Crippen LogP contribution in [0.25, 0.3) is 33.2 Å². The van der Waals surface area contributed by atoms with E-state index in [0.717, 1.165) is 0 Å². The molecule has 0 amide bonds. The Hall–Kier alpha value is -1.25. The van der Waals surface area contributed by atoms with Crippen LogP contribution in [0.4, 0.5) is 0 Å². The first-order chi connectivity index (χ1) is 7.95. The summed E-state index contributed by atoms with van der Waals surface area (Å²) in [7, 11) is 9.75. The van der Waals surface area contributed by atoms with Gasteiger partial charge in [-0.1, -0.05) is 10.2 Å². The molecule has 0 fully saturated rings. The van der Waals surface area contributed by atoms with Gasteiger partial charge in [-0.3, -0.25) is 9.59 Å². The van der Waals surface area contributed by atoms with Gasteiger partial charge < -0.3 is 22.5 Å². The number of nitrogens with two attached hydrogens (primary N) is 2. The Morgan fingerprint density at radius 1 is 1.00 bits per heavy atom. The molecule has 0 saturated heterocycles. The Balaban J connectivity index is -0.0000000525. The van der Waals surface area contributed by atoms with E-state index >= 15 is 0 Å².